The molecule has 106 valence electrons. The summed E-state index contributed by atoms with van der Waals surface area (Å²) >= 11 is 1.56. The summed E-state index contributed by atoms with van der Waals surface area (Å²) < 4.78 is 24.6. The Morgan fingerprint density at radius 1 is 1.40 bits per heavy atom. The minimum atomic E-state index is -3.19. The lowest BCUT2D eigenvalue weighted by Gasteiger charge is -2.38. The first-order valence-electron chi connectivity index (χ1n) is 6.57. The number of benzene rings is 1. The van der Waals surface area contributed by atoms with Crippen molar-refractivity contribution >= 4 is 21.2 Å². The van der Waals surface area contributed by atoms with Gasteiger partial charge in [0.25, 0.3) is 0 Å². The molecule has 2 aromatic rings. The summed E-state index contributed by atoms with van der Waals surface area (Å²) in [6.45, 7) is 2.79. The lowest BCUT2D eigenvalue weighted by Crippen LogP contribution is -2.48. The fraction of sp³-hybridized carbons (Fsp3) is 0.357. The van der Waals surface area contributed by atoms with Crippen molar-refractivity contribution in [2.75, 3.05) is 12.3 Å². The van der Waals surface area contributed by atoms with Gasteiger partial charge in [0.1, 0.15) is 5.01 Å². The van der Waals surface area contributed by atoms with E-state index in [1.54, 1.807) is 29.7 Å². The molecule has 3 rings (SSSR count). The van der Waals surface area contributed by atoms with Gasteiger partial charge in [-0.15, -0.1) is 11.3 Å². The largest absolute Gasteiger partial charge is 0.302 e. The number of hydrogen-bond donors (Lipinski definition) is 1. The number of hydrogen-bond acceptors (Lipinski definition) is 5. The van der Waals surface area contributed by atoms with Gasteiger partial charge in [0.05, 0.1) is 16.2 Å². The number of nitrogens with one attached hydrogen (secondary N) is 1. The molecule has 1 aromatic carbocycles. The van der Waals surface area contributed by atoms with E-state index in [0.717, 1.165) is 17.1 Å². The normalized spacial score (nSPS) is 24.2. The van der Waals surface area contributed by atoms with Crippen molar-refractivity contribution < 1.29 is 8.42 Å². The van der Waals surface area contributed by atoms with Gasteiger partial charge in [0.15, 0.2) is 9.84 Å². The first-order valence-corrected chi connectivity index (χ1v) is 9.10. The van der Waals surface area contributed by atoms with Crippen LogP contribution in [0, 0.1) is 0 Å². The summed E-state index contributed by atoms with van der Waals surface area (Å²) in [6.07, 6.45) is 2.29. The molecule has 0 spiro atoms. The number of fused-ring (bicyclic) bond motifs is 1. The standard InChI is InChI=1S/C14H16N2O2S2/c1-2-16-14(13-15-8-9-19-13)7-10-20(17,18)12-6-4-3-5-11(12)14/h3-6,8-9,16H,2,7,10H2,1H3. The van der Waals surface area contributed by atoms with E-state index in [0.29, 0.717) is 11.3 Å². The van der Waals surface area contributed by atoms with Gasteiger partial charge in [-0.25, -0.2) is 13.4 Å². The second-order valence-electron chi connectivity index (χ2n) is 4.84. The molecule has 0 bridgehead atoms. The summed E-state index contributed by atoms with van der Waals surface area (Å²) in [7, 11) is -3.19. The molecule has 0 saturated heterocycles. The molecule has 2 heterocycles. The first-order chi connectivity index (χ1) is 9.60. The molecular weight excluding hydrogens is 292 g/mol. The van der Waals surface area contributed by atoms with E-state index in [4.69, 9.17) is 0 Å². The minimum absolute atomic E-state index is 0.149. The topological polar surface area (TPSA) is 59.1 Å². The zero-order valence-corrected chi connectivity index (χ0v) is 12.8. The monoisotopic (exact) mass is 308 g/mol. The third-order valence-corrected chi connectivity index (χ3v) is 6.41. The second kappa shape index (κ2) is 4.95. The maximum absolute atomic E-state index is 12.3. The van der Waals surface area contributed by atoms with E-state index in [-0.39, 0.29) is 5.75 Å². The zero-order chi connectivity index (χ0) is 14.2. The van der Waals surface area contributed by atoms with Crippen LogP contribution in [0.2, 0.25) is 0 Å². The first kappa shape index (κ1) is 13.7. The number of rotatable bonds is 3. The lowest BCUT2D eigenvalue weighted by atomic mass is 9.87. The van der Waals surface area contributed by atoms with Gasteiger partial charge in [0, 0.05) is 11.6 Å². The Labute approximate surface area is 122 Å². The van der Waals surface area contributed by atoms with Gasteiger partial charge in [-0.1, -0.05) is 25.1 Å². The van der Waals surface area contributed by atoms with Crippen LogP contribution in [0.5, 0.6) is 0 Å². The van der Waals surface area contributed by atoms with Crippen LogP contribution in [0.25, 0.3) is 0 Å². The lowest BCUT2D eigenvalue weighted by molar-refractivity contribution is 0.380. The van der Waals surface area contributed by atoms with Crippen LogP contribution in [0.15, 0.2) is 40.7 Å². The van der Waals surface area contributed by atoms with E-state index in [2.05, 4.69) is 10.3 Å². The average Bonchev–Trinajstić information content (AvgIpc) is 2.97. The van der Waals surface area contributed by atoms with Crippen molar-refractivity contribution in [1.29, 1.82) is 0 Å². The average molecular weight is 308 g/mol. The Hall–Kier alpha value is -1.24. The molecule has 0 saturated carbocycles. The summed E-state index contributed by atoms with van der Waals surface area (Å²) in [5, 5.41) is 6.34. The van der Waals surface area contributed by atoms with Gasteiger partial charge >= 0.3 is 0 Å². The maximum Gasteiger partial charge on any atom is 0.178 e. The Balaban J connectivity index is 2.28. The molecular formula is C14H16N2O2S2. The molecule has 1 atom stereocenters. The molecule has 1 N–H and O–H groups in total. The molecule has 1 aromatic heterocycles. The Kier molecular flexibility index (Phi) is 3.40. The van der Waals surface area contributed by atoms with E-state index < -0.39 is 15.4 Å². The van der Waals surface area contributed by atoms with Crippen LogP contribution < -0.4 is 5.32 Å². The second-order valence-corrected chi connectivity index (χ2v) is 7.81. The van der Waals surface area contributed by atoms with Crippen LogP contribution >= 0.6 is 11.3 Å². The quantitative estimate of drug-likeness (QED) is 0.944. The summed E-state index contributed by atoms with van der Waals surface area (Å²) in [5.41, 5.74) is 0.341. The minimum Gasteiger partial charge on any atom is -0.302 e. The highest BCUT2D eigenvalue weighted by atomic mass is 32.2. The van der Waals surface area contributed by atoms with Gasteiger partial charge in [-0.2, -0.15) is 0 Å². The SMILES string of the molecule is CCNC1(c2nccs2)CCS(=O)(=O)c2ccccc21. The fourth-order valence-corrected chi connectivity index (χ4v) is 5.36. The van der Waals surface area contributed by atoms with Crippen LogP contribution in [0.3, 0.4) is 0 Å². The highest BCUT2D eigenvalue weighted by Crippen LogP contribution is 2.42. The van der Waals surface area contributed by atoms with Crippen LogP contribution in [-0.4, -0.2) is 25.7 Å². The van der Waals surface area contributed by atoms with Crippen molar-refractivity contribution in [1.82, 2.24) is 10.3 Å². The smallest absolute Gasteiger partial charge is 0.178 e. The Morgan fingerprint density at radius 3 is 2.90 bits per heavy atom. The maximum atomic E-state index is 12.3. The van der Waals surface area contributed by atoms with Gasteiger partial charge in [0.2, 0.25) is 0 Å². The Morgan fingerprint density at radius 2 is 2.20 bits per heavy atom. The molecule has 1 aliphatic rings. The summed E-state index contributed by atoms with van der Waals surface area (Å²) in [5.74, 6) is 0.149. The van der Waals surface area contributed by atoms with Gasteiger partial charge < -0.3 is 5.32 Å². The molecule has 1 aliphatic heterocycles. The van der Waals surface area contributed by atoms with Crippen LogP contribution in [-0.2, 0) is 15.4 Å². The van der Waals surface area contributed by atoms with Crippen molar-refractivity contribution in [3.05, 3.63) is 46.4 Å². The number of nitrogens with zero attached hydrogens (tertiary/aromatic N) is 1. The molecule has 1 unspecified atom stereocenters. The number of sulfone groups is 1. The highest BCUT2D eigenvalue weighted by molar-refractivity contribution is 7.91. The number of aromatic nitrogens is 1. The fourth-order valence-electron chi connectivity index (χ4n) is 2.84. The zero-order valence-electron chi connectivity index (χ0n) is 11.2. The van der Waals surface area contributed by atoms with Crippen molar-refractivity contribution in [3.8, 4) is 0 Å². The molecule has 6 heteroatoms. The summed E-state index contributed by atoms with van der Waals surface area (Å²) in [6, 6.07) is 7.26. The van der Waals surface area contributed by atoms with Crippen molar-refractivity contribution in [2.24, 2.45) is 0 Å². The van der Waals surface area contributed by atoms with Gasteiger partial charge in [-0.3, -0.25) is 0 Å². The summed E-state index contributed by atoms with van der Waals surface area (Å²) in [4.78, 5) is 4.87. The van der Waals surface area contributed by atoms with E-state index in [9.17, 15) is 8.42 Å². The predicted octanol–water partition coefficient (Wildman–Crippen LogP) is 2.17. The molecule has 0 aliphatic carbocycles. The van der Waals surface area contributed by atoms with Gasteiger partial charge in [-0.05, 0) is 24.6 Å². The van der Waals surface area contributed by atoms with Crippen molar-refractivity contribution in [2.45, 2.75) is 23.8 Å². The molecule has 20 heavy (non-hydrogen) atoms. The molecule has 0 amide bonds. The molecule has 4 nitrogen and oxygen atoms in total. The predicted molar refractivity (Wildman–Crippen MR) is 79.7 cm³/mol. The third-order valence-electron chi connectivity index (χ3n) is 3.70. The van der Waals surface area contributed by atoms with E-state index >= 15 is 0 Å². The third kappa shape index (κ3) is 1.99. The molecule has 0 radical (unpaired) electrons. The van der Waals surface area contributed by atoms with Crippen molar-refractivity contribution in [3.63, 3.8) is 0 Å². The Bertz CT molecular complexity index is 711. The highest BCUT2D eigenvalue weighted by Gasteiger charge is 2.44. The van der Waals surface area contributed by atoms with Crippen LogP contribution in [0.1, 0.15) is 23.9 Å². The molecule has 0 fully saturated rings. The number of thiazole rings is 1. The van der Waals surface area contributed by atoms with Crippen LogP contribution in [0.4, 0.5) is 0 Å². The van der Waals surface area contributed by atoms with E-state index in [1.807, 2.05) is 24.4 Å². The van der Waals surface area contributed by atoms with E-state index in [1.165, 1.54) is 0 Å².